The van der Waals surface area contributed by atoms with Crippen LogP contribution in [0.25, 0.3) is 0 Å². The molecule has 0 aliphatic rings. The summed E-state index contributed by atoms with van der Waals surface area (Å²) in [6, 6.07) is 0. The molecule has 0 aliphatic carbocycles. The second-order valence-corrected chi connectivity index (χ2v) is 11.1. The standard InChI is InChI=1S/C28H55N3O6.H2O/c1-7-9-10-11-12-13-14-15-16-17-18-19-20-21-22(23(32)35-6)27(29,24(33)36-8-2)28(30,31)25(34)37-26(3,4)5;/h22H,7-21,29-31H2,1-6H3;1H2. The van der Waals surface area contributed by atoms with Crippen molar-refractivity contribution >= 4 is 17.9 Å². The van der Waals surface area contributed by atoms with Gasteiger partial charge >= 0.3 is 17.9 Å². The zero-order valence-corrected chi connectivity index (χ0v) is 24.9. The van der Waals surface area contributed by atoms with Crippen molar-refractivity contribution in [2.75, 3.05) is 13.7 Å². The molecular formula is C28H57N3O7. The lowest BCUT2D eigenvalue weighted by molar-refractivity contribution is -0.178. The molecule has 0 saturated carbocycles. The van der Waals surface area contributed by atoms with Crippen molar-refractivity contribution < 1.29 is 34.1 Å². The first-order valence-corrected chi connectivity index (χ1v) is 14.1. The van der Waals surface area contributed by atoms with Crippen LogP contribution in [0.4, 0.5) is 0 Å². The Labute approximate surface area is 230 Å². The fraction of sp³-hybridized carbons (Fsp3) is 0.893. The molecule has 0 bridgehead atoms. The first-order chi connectivity index (χ1) is 17.3. The Morgan fingerprint density at radius 1 is 0.711 bits per heavy atom. The van der Waals surface area contributed by atoms with Crippen molar-refractivity contribution in [1.29, 1.82) is 0 Å². The highest BCUT2D eigenvalue weighted by Crippen LogP contribution is 2.32. The molecule has 226 valence electrons. The van der Waals surface area contributed by atoms with Crippen molar-refractivity contribution in [3.8, 4) is 0 Å². The minimum atomic E-state index is -2.53. The molecule has 0 aliphatic heterocycles. The molecular weight excluding hydrogens is 490 g/mol. The summed E-state index contributed by atoms with van der Waals surface area (Å²) in [6.45, 7) is 8.68. The third-order valence-electron chi connectivity index (χ3n) is 6.67. The quantitative estimate of drug-likeness (QED) is 0.0884. The molecule has 0 rings (SSSR count). The molecule has 10 heteroatoms. The molecule has 0 aromatic carbocycles. The third-order valence-corrected chi connectivity index (χ3v) is 6.67. The number of hydrogen-bond acceptors (Lipinski definition) is 9. The Balaban J connectivity index is 0. The lowest BCUT2D eigenvalue weighted by atomic mass is 9.72. The molecule has 0 amide bonds. The molecule has 0 fully saturated rings. The molecule has 38 heavy (non-hydrogen) atoms. The zero-order chi connectivity index (χ0) is 28.5. The van der Waals surface area contributed by atoms with Crippen molar-refractivity contribution in [1.82, 2.24) is 0 Å². The van der Waals surface area contributed by atoms with Crippen molar-refractivity contribution in [2.24, 2.45) is 23.1 Å². The molecule has 2 unspecified atom stereocenters. The lowest BCUT2D eigenvalue weighted by Gasteiger charge is -2.43. The number of methoxy groups -OCH3 is 1. The van der Waals surface area contributed by atoms with Gasteiger partial charge in [-0.25, -0.2) is 9.59 Å². The molecule has 0 radical (unpaired) electrons. The van der Waals surface area contributed by atoms with E-state index in [1.165, 1.54) is 64.9 Å². The van der Waals surface area contributed by atoms with Gasteiger partial charge in [0.25, 0.3) is 0 Å². The van der Waals surface area contributed by atoms with Gasteiger partial charge in [-0.3, -0.25) is 4.79 Å². The second-order valence-electron chi connectivity index (χ2n) is 11.1. The van der Waals surface area contributed by atoms with Gasteiger partial charge in [0.15, 0.2) is 11.2 Å². The topological polar surface area (TPSA) is 188 Å². The van der Waals surface area contributed by atoms with Crippen LogP contribution in [-0.2, 0) is 28.6 Å². The van der Waals surface area contributed by atoms with Crippen LogP contribution in [0.5, 0.6) is 0 Å². The van der Waals surface area contributed by atoms with Crippen LogP contribution >= 0.6 is 0 Å². The fourth-order valence-corrected chi connectivity index (χ4v) is 4.42. The molecule has 0 aromatic heterocycles. The normalized spacial score (nSPS) is 14.1. The van der Waals surface area contributed by atoms with Gasteiger partial charge in [-0.05, 0) is 34.1 Å². The van der Waals surface area contributed by atoms with Gasteiger partial charge in [-0.2, -0.15) is 0 Å². The zero-order valence-electron chi connectivity index (χ0n) is 24.9. The van der Waals surface area contributed by atoms with E-state index in [0.717, 1.165) is 19.3 Å². The smallest absolute Gasteiger partial charge is 0.344 e. The Kier molecular flexibility index (Phi) is 19.5. The largest absolute Gasteiger partial charge is 0.469 e. The van der Waals surface area contributed by atoms with E-state index in [1.807, 2.05) is 0 Å². The van der Waals surface area contributed by atoms with E-state index < -0.39 is 40.6 Å². The van der Waals surface area contributed by atoms with Crippen molar-refractivity contribution in [3.63, 3.8) is 0 Å². The predicted octanol–water partition coefficient (Wildman–Crippen LogP) is 3.65. The number of carbonyl (C=O) groups excluding carboxylic acids is 3. The van der Waals surface area contributed by atoms with E-state index in [2.05, 4.69) is 6.92 Å². The van der Waals surface area contributed by atoms with Gasteiger partial charge in [-0.15, -0.1) is 0 Å². The van der Waals surface area contributed by atoms with Crippen LogP contribution in [0.15, 0.2) is 0 Å². The fourth-order valence-electron chi connectivity index (χ4n) is 4.42. The number of rotatable bonds is 20. The second kappa shape index (κ2) is 19.3. The summed E-state index contributed by atoms with van der Waals surface area (Å²) in [5.41, 5.74) is 13.0. The van der Waals surface area contributed by atoms with Crippen LogP contribution in [0, 0.1) is 5.92 Å². The summed E-state index contributed by atoms with van der Waals surface area (Å²) in [7, 11) is 1.19. The van der Waals surface area contributed by atoms with E-state index in [-0.39, 0.29) is 18.5 Å². The molecule has 2 atom stereocenters. The summed E-state index contributed by atoms with van der Waals surface area (Å²) in [4.78, 5) is 38.8. The van der Waals surface area contributed by atoms with E-state index >= 15 is 0 Å². The van der Waals surface area contributed by atoms with Gasteiger partial charge in [-0.1, -0.05) is 90.4 Å². The summed E-state index contributed by atoms with van der Waals surface area (Å²) < 4.78 is 15.4. The average Bonchev–Trinajstić information content (AvgIpc) is 2.82. The number of nitrogens with two attached hydrogens (primary N) is 3. The number of carbonyl (C=O) groups is 3. The minimum Gasteiger partial charge on any atom is -0.469 e. The van der Waals surface area contributed by atoms with Crippen LogP contribution < -0.4 is 17.2 Å². The molecule has 0 heterocycles. The molecule has 8 N–H and O–H groups in total. The Bertz CT molecular complexity index is 680. The van der Waals surface area contributed by atoms with Crippen LogP contribution in [0.3, 0.4) is 0 Å². The van der Waals surface area contributed by atoms with E-state index in [4.69, 9.17) is 31.4 Å². The maximum atomic E-state index is 13.1. The summed E-state index contributed by atoms with van der Waals surface area (Å²) in [5, 5.41) is 0. The number of unbranched alkanes of at least 4 members (excludes halogenated alkanes) is 12. The maximum absolute atomic E-state index is 13.1. The van der Waals surface area contributed by atoms with Crippen LogP contribution in [0.1, 0.15) is 125 Å². The lowest BCUT2D eigenvalue weighted by Crippen LogP contribution is -2.82. The number of ether oxygens (including phenoxy) is 3. The van der Waals surface area contributed by atoms with Crippen LogP contribution in [-0.4, -0.2) is 53.9 Å². The first kappa shape index (κ1) is 38.4. The van der Waals surface area contributed by atoms with Gasteiger partial charge in [0.1, 0.15) is 5.60 Å². The summed E-state index contributed by atoms with van der Waals surface area (Å²) >= 11 is 0. The van der Waals surface area contributed by atoms with E-state index in [0.29, 0.717) is 6.42 Å². The Morgan fingerprint density at radius 3 is 1.50 bits per heavy atom. The highest BCUT2D eigenvalue weighted by molar-refractivity contribution is 5.98. The summed E-state index contributed by atoms with van der Waals surface area (Å²) in [5.74, 6) is -4.21. The monoisotopic (exact) mass is 547 g/mol. The average molecular weight is 548 g/mol. The van der Waals surface area contributed by atoms with Gasteiger partial charge in [0.2, 0.25) is 0 Å². The highest BCUT2D eigenvalue weighted by Gasteiger charge is 2.63. The van der Waals surface area contributed by atoms with Gasteiger partial charge < -0.3 is 36.9 Å². The van der Waals surface area contributed by atoms with E-state index in [1.54, 1.807) is 27.7 Å². The van der Waals surface area contributed by atoms with E-state index in [9.17, 15) is 14.4 Å². The van der Waals surface area contributed by atoms with Crippen molar-refractivity contribution in [3.05, 3.63) is 0 Å². The van der Waals surface area contributed by atoms with Crippen LogP contribution in [0.2, 0.25) is 0 Å². The Morgan fingerprint density at radius 2 is 1.13 bits per heavy atom. The molecule has 0 aromatic rings. The molecule has 0 spiro atoms. The minimum absolute atomic E-state index is 0. The number of hydrogen-bond donors (Lipinski definition) is 3. The predicted molar refractivity (Wildman–Crippen MR) is 150 cm³/mol. The third kappa shape index (κ3) is 12.9. The SMILES string of the molecule is CCCCCCCCCCCCCCCC(C(=O)OC)C(N)(C(=O)OCC)C(N)(N)C(=O)OC(C)(C)C.O. The Hall–Kier alpha value is -1.75. The van der Waals surface area contributed by atoms with Gasteiger partial charge in [0.05, 0.1) is 19.6 Å². The number of esters is 3. The van der Waals surface area contributed by atoms with Gasteiger partial charge in [0, 0.05) is 0 Å². The first-order valence-electron chi connectivity index (χ1n) is 14.1. The summed E-state index contributed by atoms with van der Waals surface area (Å²) in [6.07, 6.45) is 15.3. The highest BCUT2D eigenvalue weighted by atomic mass is 16.6. The van der Waals surface area contributed by atoms with Crippen molar-refractivity contribution in [2.45, 2.75) is 141 Å². The molecule has 0 saturated heterocycles. The molecule has 10 nitrogen and oxygen atoms in total. The maximum Gasteiger partial charge on any atom is 0.344 e.